The standard InChI is InChI=1S/C15H18N4O2S/c1-9(15-17-10-5-3-4-6-12(10)22-15)16-14(21)11-7-8-13(20)19(2)18-11/h7-9H,3-6H2,1-2H3,(H,16,21)/t9-/m0/s1. The first-order valence-electron chi connectivity index (χ1n) is 7.38. The summed E-state index contributed by atoms with van der Waals surface area (Å²) in [5, 5.41) is 7.79. The molecule has 1 atom stereocenters. The molecule has 0 aliphatic heterocycles. The van der Waals surface area contributed by atoms with Crippen LogP contribution in [-0.2, 0) is 19.9 Å². The van der Waals surface area contributed by atoms with Crippen molar-refractivity contribution in [2.75, 3.05) is 0 Å². The maximum Gasteiger partial charge on any atom is 0.272 e. The minimum absolute atomic E-state index is 0.165. The van der Waals surface area contributed by atoms with Crippen LogP contribution in [0.4, 0.5) is 0 Å². The summed E-state index contributed by atoms with van der Waals surface area (Å²) in [6.45, 7) is 1.92. The van der Waals surface area contributed by atoms with E-state index >= 15 is 0 Å². The Hall–Kier alpha value is -2.02. The van der Waals surface area contributed by atoms with E-state index in [1.807, 2.05) is 6.92 Å². The second-order valence-electron chi connectivity index (χ2n) is 5.50. The van der Waals surface area contributed by atoms with Gasteiger partial charge in [-0.15, -0.1) is 11.3 Å². The lowest BCUT2D eigenvalue weighted by molar-refractivity contribution is 0.0932. The zero-order chi connectivity index (χ0) is 15.7. The summed E-state index contributed by atoms with van der Waals surface area (Å²) in [5.41, 5.74) is 1.18. The second-order valence-corrected chi connectivity index (χ2v) is 6.62. The molecule has 3 rings (SSSR count). The van der Waals surface area contributed by atoms with E-state index in [-0.39, 0.29) is 23.2 Å². The highest BCUT2D eigenvalue weighted by Crippen LogP contribution is 2.29. The third-order valence-electron chi connectivity index (χ3n) is 3.77. The molecule has 6 nitrogen and oxygen atoms in total. The van der Waals surface area contributed by atoms with Crippen molar-refractivity contribution in [1.29, 1.82) is 0 Å². The average Bonchev–Trinajstić information content (AvgIpc) is 2.94. The molecule has 116 valence electrons. The number of hydrogen-bond donors (Lipinski definition) is 1. The number of aryl methyl sites for hydroxylation is 3. The summed E-state index contributed by atoms with van der Waals surface area (Å²) in [6.07, 6.45) is 4.54. The van der Waals surface area contributed by atoms with Crippen LogP contribution in [0.3, 0.4) is 0 Å². The summed E-state index contributed by atoms with van der Waals surface area (Å²) in [6, 6.07) is 2.62. The Balaban J connectivity index is 1.74. The van der Waals surface area contributed by atoms with E-state index in [1.54, 1.807) is 11.3 Å². The highest BCUT2D eigenvalue weighted by atomic mass is 32.1. The summed E-state index contributed by atoms with van der Waals surface area (Å²) < 4.78 is 1.15. The van der Waals surface area contributed by atoms with Gasteiger partial charge in [0.05, 0.1) is 11.7 Å². The van der Waals surface area contributed by atoms with Crippen LogP contribution in [0.15, 0.2) is 16.9 Å². The minimum atomic E-state index is -0.295. The first-order valence-corrected chi connectivity index (χ1v) is 8.20. The van der Waals surface area contributed by atoms with E-state index in [0.717, 1.165) is 22.5 Å². The van der Waals surface area contributed by atoms with Crippen molar-refractivity contribution in [2.24, 2.45) is 7.05 Å². The number of rotatable bonds is 3. The summed E-state index contributed by atoms with van der Waals surface area (Å²) in [4.78, 5) is 29.5. The third kappa shape index (κ3) is 2.94. The van der Waals surface area contributed by atoms with Crippen molar-refractivity contribution in [2.45, 2.75) is 38.6 Å². The molecule has 0 saturated carbocycles. The Morgan fingerprint density at radius 2 is 2.14 bits per heavy atom. The molecule has 1 aliphatic rings. The van der Waals surface area contributed by atoms with Crippen molar-refractivity contribution in [3.05, 3.63) is 43.8 Å². The van der Waals surface area contributed by atoms with Gasteiger partial charge in [0.15, 0.2) is 0 Å². The van der Waals surface area contributed by atoms with Crippen molar-refractivity contribution >= 4 is 17.2 Å². The van der Waals surface area contributed by atoms with Gasteiger partial charge in [0.1, 0.15) is 10.7 Å². The lowest BCUT2D eigenvalue weighted by Gasteiger charge is -2.11. The van der Waals surface area contributed by atoms with Gasteiger partial charge in [0.2, 0.25) is 0 Å². The third-order valence-corrected chi connectivity index (χ3v) is 5.11. The number of carbonyl (C=O) groups is 1. The number of amides is 1. The molecule has 0 aromatic carbocycles. The van der Waals surface area contributed by atoms with E-state index < -0.39 is 0 Å². The maximum absolute atomic E-state index is 12.2. The van der Waals surface area contributed by atoms with Gasteiger partial charge < -0.3 is 5.32 Å². The van der Waals surface area contributed by atoms with Crippen LogP contribution in [0.2, 0.25) is 0 Å². The van der Waals surface area contributed by atoms with Gasteiger partial charge in [0, 0.05) is 18.0 Å². The Kier molecular flexibility index (Phi) is 4.06. The highest BCUT2D eigenvalue weighted by molar-refractivity contribution is 7.11. The van der Waals surface area contributed by atoms with Crippen LogP contribution in [0.5, 0.6) is 0 Å². The normalized spacial score (nSPS) is 15.2. The lowest BCUT2D eigenvalue weighted by Crippen LogP contribution is -2.30. The number of nitrogens with one attached hydrogen (secondary N) is 1. The predicted octanol–water partition coefficient (Wildman–Crippen LogP) is 1.61. The second kappa shape index (κ2) is 6.00. The van der Waals surface area contributed by atoms with Crippen molar-refractivity contribution < 1.29 is 4.79 Å². The molecular weight excluding hydrogens is 300 g/mol. The number of nitrogens with zero attached hydrogens (tertiary/aromatic N) is 3. The Morgan fingerprint density at radius 1 is 1.36 bits per heavy atom. The van der Waals surface area contributed by atoms with Crippen LogP contribution in [0.1, 0.15) is 51.9 Å². The first kappa shape index (κ1) is 14.9. The molecule has 1 amide bonds. The Labute approximate surface area is 132 Å². The fraction of sp³-hybridized carbons (Fsp3) is 0.467. The van der Waals surface area contributed by atoms with E-state index in [0.29, 0.717) is 0 Å². The van der Waals surface area contributed by atoms with Gasteiger partial charge in [-0.1, -0.05) is 0 Å². The van der Waals surface area contributed by atoms with Gasteiger partial charge in [0.25, 0.3) is 11.5 Å². The molecule has 2 aromatic heterocycles. The lowest BCUT2D eigenvalue weighted by atomic mass is 10.0. The van der Waals surface area contributed by atoms with E-state index in [9.17, 15) is 9.59 Å². The summed E-state index contributed by atoms with van der Waals surface area (Å²) in [7, 11) is 1.53. The van der Waals surface area contributed by atoms with Crippen LogP contribution in [-0.4, -0.2) is 20.7 Å². The SMILES string of the molecule is C[C@H](NC(=O)c1ccc(=O)n(C)n1)c1nc2c(s1)CCCC2. The van der Waals surface area contributed by atoms with Gasteiger partial charge >= 0.3 is 0 Å². The smallest absolute Gasteiger partial charge is 0.272 e. The first-order chi connectivity index (χ1) is 10.5. The molecule has 0 bridgehead atoms. The van der Waals surface area contributed by atoms with Gasteiger partial charge in [-0.3, -0.25) is 9.59 Å². The Morgan fingerprint density at radius 3 is 2.86 bits per heavy atom. The van der Waals surface area contributed by atoms with Gasteiger partial charge in [-0.25, -0.2) is 9.67 Å². The number of carbonyl (C=O) groups excluding carboxylic acids is 1. The zero-order valence-corrected chi connectivity index (χ0v) is 13.4. The molecule has 22 heavy (non-hydrogen) atoms. The number of hydrogen-bond acceptors (Lipinski definition) is 5. The van der Waals surface area contributed by atoms with Crippen LogP contribution in [0, 0.1) is 0 Å². The van der Waals surface area contributed by atoms with Crippen LogP contribution in [0.25, 0.3) is 0 Å². The molecule has 2 heterocycles. The van der Waals surface area contributed by atoms with Crippen molar-refractivity contribution in [3.63, 3.8) is 0 Å². The minimum Gasteiger partial charge on any atom is -0.342 e. The fourth-order valence-electron chi connectivity index (χ4n) is 2.51. The quantitative estimate of drug-likeness (QED) is 0.932. The maximum atomic E-state index is 12.2. The summed E-state index contributed by atoms with van der Waals surface area (Å²) >= 11 is 1.68. The van der Waals surface area contributed by atoms with Crippen molar-refractivity contribution in [3.8, 4) is 0 Å². The molecule has 0 radical (unpaired) electrons. The molecule has 7 heteroatoms. The topological polar surface area (TPSA) is 76.9 Å². The number of aromatic nitrogens is 3. The molecule has 0 unspecified atom stereocenters. The predicted molar refractivity (Wildman–Crippen MR) is 84.1 cm³/mol. The fourth-order valence-corrected chi connectivity index (χ4v) is 3.67. The van der Waals surface area contributed by atoms with Gasteiger partial charge in [-0.05, 0) is 38.7 Å². The molecule has 0 saturated heterocycles. The molecule has 2 aromatic rings. The van der Waals surface area contributed by atoms with E-state index in [2.05, 4.69) is 15.4 Å². The van der Waals surface area contributed by atoms with E-state index in [4.69, 9.17) is 0 Å². The molecule has 1 aliphatic carbocycles. The molecule has 0 spiro atoms. The zero-order valence-electron chi connectivity index (χ0n) is 12.6. The number of thiazole rings is 1. The molecular formula is C15H18N4O2S. The summed E-state index contributed by atoms with van der Waals surface area (Å²) in [5.74, 6) is -0.295. The van der Waals surface area contributed by atoms with Crippen LogP contribution < -0.4 is 10.9 Å². The monoisotopic (exact) mass is 318 g/mol. The number of fused-ring (bicyclic) bond motifs is 1. The van der Waals surface area contributed by atoms with Crippen LogP contribution >= 0.6 is 11.3 Å². The highest BCUT2D eigenvalue weighted by Gasteiger charge is 2.20. The molecule has 1 N–H and O–H groups in total. The van der Waals surface area contributed by atoms with E-state index in [1.165, 1.54) is 42.6 Å². The Bertz CT molecular complexity index is 742. The largest absolute Gasteiger partial charge is 0.342 e. The molecule has 0 fully saturated rings. The van der Waals surface area contributed by atoms with Gasteiger partial charge in [-0.2, -0.15) is 5.10 Å². The average molecular weight is 318 g/mol. The van der Waals surface area contributed by atoms with Crippen molar-refractivity contribution in [1.82, 2.24) is 20.1 Å².